The van der Waals surface area contributed by atoms with Gasteiger partial charge in [0.2, 0.25) is 5.91 Å². The number of fused-ring (bicyclic) bond motifs is 1. The number of pyridine rings is 2. The van der Waals surface area contributed by atoms with E-state index in [-0.39, 0.29) is 18.7 Å². The number of anilines is 3. The number of carbonyl (C=O) groups excluding carboxylic acids is 2. The van der Waals surface area contributed by atoms with Crippen molar-refractivity contribution in [3.8, 4) is 0 Å². The Morgan fingerprint density at radius 1 is 0.925 bits per heavy atom. The molecule has 0 spiro atoms. The number of aliphatic carboxylic acids is 1. The zero-order valence-electron chi connectivity index (χ0n) is 21.1. The van der Waals surface area contributed by atoms with Gasteiger partial charge in [0.05, 0.1) is 18.9 Å². The van der Waals surface area contributed by atoms with Crippen LogP contribution in [0.4, 0.5) is 17.5 Å². The van der Waals surface area contributed by atoms with Crippen molar-refractivity contribution in [2.45, 2.75) is 18.9 Å². The molecule has 0 aliphatic carbocycles. The highest BCUT2D eigenvalue weighted by Gasteiger charge is 2.19. The summed E-state index contributed by atoms with van der Waals surface area (Å²) in [6.07, 6.45) is 4.43. The molecule has 0 saturated carbocycles. The molecule has 0 aliphatic heterocycles. The van der Waals surface area contributed by atoms with Crippen molar-refractivity contribution in [1.82, 2.24) is 20.3 Å². The number of rotatable bonds is 10. The molecule has 200 valence electrons. The van der Waals surface area contributed by atoms with Gasteiger partial charge in [0.1, 0.15) is 11.3 Å². The lowest BCUT2D eigenvalue weighted by atomic mass is 10.0. The minimum absolute atomic E-state index is 0.102. The number of nitrogens with one attached hydrogen (secondary N) is 3. The van der Waals surface area contributed by atoms with E-state index in [1.165, 1.54) is 12.4 Å². The predicted molar refractivity (Wildman–Crippen MR) is 147 cm³/mol. The van der Waals surface area contributed by atoms with Gasteiger partial charge in [0.25, 0.3) is 5.91 Å². The molecular weight excluding hydrogens is 512 g/mol. The van der Waals surface area contributed by atoms with Crippen LogP contribution in [-0.2, 0) is 16.0 Å². The lowest BCUT2D eigenvalue weighted by Gasteiger charge is -2.18. The monoisotopic (exact) mass is 536 g/mol. The van der Waals surface area contributed by atoms with Crippen molar-refractivity contribution in [3.63, 3.8) is 0 Å². The van der Waals surface area contributed by atoms with Crippen molar-refractivity contribution >= 4 is 46.4 Å². The zero-order valence-corrected chi connectivity index (χ0v) is 21.1. The number of nitrogens with zero attached hydrogens (tertiary/aromatic N) is 3. The molecule has 1 atom stereocenters. The number of aromatic nitrogens is 3. The van der Waals surface area contributed by atoms with Crippen LogP contribution < -0.4 is 16.0 Å². The van der Waals surface area contributed by atoms with Crippen molar-refractivity contribution in [1.29, 1.82) is 0 Å². The third kappa shape index (κ3) is 6.64. The summed E-state index contributed by atoms with van der Waals surface area (Å²) in [7, 11) is 0. The molecule has 11 nitrogen and oxygen atoms in total. The van der Waals surface area contributed by atoms with Crippen LogP contribution >= 0.6 is 0 Å². The number of carboxylic acid groups (broad SMARTS) is 1. The highest BCUT2D eigenvalue weighted by molar-refractivity contribution is 5.95. The van der Waals surface area contributed by atoms with Gasteiger partial charge < -0.3 is 20.2 Å². The number of carbonyl (C=O) groups is 3. The highest BCUT2D eigenvalue weighted by atomic mass is 16.4. The fourth-order valence-electron chi connectivity index (χ4n) is 4.04. The Kier molecular flexibility index (Phi) is 7.72. The standard InChI is InChI=1S/C29H24N6O5/c36-26(16-18-4-9-22-24(15-18)40-29(34-22)35-25-3-1-2-12-31-25)32-21-7-5-19(6-8-21)23(17-27(37)38)33-28(39)20-10-13-30-14-11-20/h1-15,23H,16-17H2,(H,32,36)(H,33,39)(H,37,38)(H,31,34,35). The SMILES string of the molecule is O=C(O)CC(NC(=O)c1ccncc1)c1ccc(NC(=O)Cc2ccc3nc(Nc4ccccn4)oc3c2)cc1. The summed E-state index contributed by atoms with van der Waals surface area (Å²) in [4.78, 5) is 49.1. The Bertz CT molecular complexity index is 1640. The summed E-state index contributed by atoms with van der Waals surface area (Å²) in [5.41, 5.74) is 3.41. The third-order valence-electron chi connectivity index (χ3n) is 5.94. The first-order valence-electron chi connectivity index (χ1n) is 12.3. The minimum Gasteiger partial charge on any atom is -0.481 e. The van der Waals surface area contributed by atoms with E-state index in [0.717, 1.165) is 5.56 Å². The number of amides is 2. The molecule has 2 amide bonds. The summed E-state index contributed by atoms with van der Waals surface area (Å²) in [5.74, 6) is -1.10. The Morgan fingerprint density at radius 3 is 2.45 bits per heavy atom. The topological polar surface area (TPSA) is 159 Å². The fourth-order valence-corrected chi connectivity index (χ4v) is 4.04. The molecule has 0 fully saturated rings. The van der Waals surface area contributed by atoms with E-state index in [1.54, 1.807) is 66.9 Å². The Morgan fingerprint density at radius 2 is 1.73 bits per heavy atom. The summed E-state index contributed by atoms with van der Waals surface area (Å²) >= 11 is 0. The largest absolute Gasteiger partial charge is 0.481 e. The molecule has 0 bridgehead atoms. The van der Waals surface area contributed by atoms with Gasteiger partial charge in [-0.15, -0.1) is 0 Å². The van der Waals surface area contributed by atoms with Crippen LogP contribution in [0.3, 0.4) is 0 Å². The lowest BCUT2D eigenvalue weighted by Crippen LogP contribution is -2.30. The number of oxazole rings is 1. The van der Waals surface area contributed by atoms with Crippen LogP contribution in [0, 0.1) is 0 Å². The van der Waals surface area contributed by atoms with Gasteiger partial charge in [0, 0.05) is 29.8 Å². The highest BCUT2D eigenvalue weighted by Crippen LogP contribution is 2.23. The van der Waals surface area contributed by atoms with Crippen LogP contribution in [0.15, 0.2) is 95.8 Å². The predicted octanol–water partition coefficient (Wildman–Crippen LogP) is 4.49. The third-order valence-corrected chi connectivity index (χ3v) is 5.94. The van der Waals surface area contributed by atoms with Gasteiger partial charge in [-0.3, -0.25) is 24.7 Å². The molecular formula is C29H24N6O5. The second kappa shape index (κ2) is 11.9. The van der Waals surface area contributed by atoms with Crippen LogP contribution in [0.2, 0.25) is 0 Å². The van der Waals surface area contributed by atoms with E-state index < -0.39 is 17.9 Å². The molecule has 3 aromatic heterocycles. The molecule has 0 saturated heterocycles. The second-order valence-corrected chi connectivity index (χ2v) is 8.87. The Hall–Kier alpha value is -5.58. The van der Waals surface area contributed by atoms with Gasteiger partial charge in [-0.25, -0.2) is 4.98 Å². The smallest absolute Gasteiger partial charge is 0.305 e. The van der Waals surface area contributed by atoms with Gasteiger partial charge >= 0.3 is 12.0 Å². The molecule has 11 heteroatoms. The van der Waals surface area contributed by atoms with Gasteiger partial charge in [-0.05, 0) is 59.7 Å². The molecule has 0 aliphatic rings. The Balaban J connectivity index is 1.21. The zero-order chi connectivity index (χ0) is 27.9. The van der Waals surface area contributed by atoms with Gasteiger partial charge in [-0.2, -0.15) is 4.98 Å². The van der Waals surface area contributed by atoms with Crippen molar-refractivity contribution in [2.24, 2.45) is 0 Å². The molecule has 5 rings (SSSR count). The van der Waals surface area contributed by atoms with E-state index in [2.05, 4.69) is 30.9 Å². The number of benzene rings is 2. The first kappa shape index (κ1) is 26.0. The summed E-state index contributed by atoms with van der Waals surface area (Å²) in [6, 6.07) is 20.1. The lowest BCUT2D eigenvalue weighted by molar-refractivity contribution is -0.137. The van der Waals surface area contributed by atoms with Crippen LogP contribution in [-0.4, -0.2) is 37.8 Å². The normalized spacial score (nSPS) is 11.5. The molecule has 5 aromatic rings. The van der Waals surface area contributed by atoms with Crippen LogP contribution in [0.25, 0.3) is 11.1 Å². The molecule has 3 heterocycles. The number of hydrogen-bond donors (Lipinski definition) is 4. The van der Waals surface area contributed by atoms with Crippen LogP contribution in [0.1, 0.15) is 33.9 Å². The van der Waals surface area contributed by atoms with Crippen molar-refractivity contribution in [2.75, 3.05) is 10.6 Å². The maximum absolute atomic E-state index is 12.7. The molecule has 4 N–H and O–H groups in total. The summed E-state index contributed by atoms with van der Waals surface area (Å²) in [6.45, 7) is 0. The van der Waals surface area contributed by atoms with Crippen molar-refractivity contribution in [3.05, 3.63) is 108 Å². The molecule has 40 heavy (non-hydrogen) atoms. The Labute approximate surface area is 228 Å². The summed E-state index contributed by atoms with van der Waals surface area (Å²) in [5, 5.41) is 17.9. The first-order chi connectivity index (χ1) is 19.4. The van der Waals surface area contributed by atoms with E-state index in [4.69, 9.17) is 4.42 Å². The average Bonchev–Trinajstić information content (AvgIpc) is 3.35. The average molecular weight is 537 g/mol. The van der Waals surface area contributed by atoms with E-state index in [0.29, 0.717) is 39.7 Å². The minimum atomic E-state index is -1.05. The maximum Gasteiger partial charge on any atom is 0.305 e. The van der Waals surface area contributed by atoms with E-state index in [9.17, 15) is 19.5 Å². The second-order valence-electron chi connectivity index (χ2n) is 8.87. The van der Waals surface area contributed by atoms with E-state index >= 15 is 0 Å². The van der Waals surface area contributed by atoms with Crippen LogP contribution in [0.5, 0.6) is 0 Å². The molecule has 1 unspecified atom stereocenters. The number of carboxylic acids is 1. The first-order valence-corrected chi connectivity index (χ1v) is 12.3. The van der Waals surface area contributed by atoms with Gasteiger partial charge in [-0.1, -0.05) is 24.3 Å². The van der Waals surface area contributed by atoms with E-state index in [1.807, 2.05) is 12.1 Å². The quantitative estimate of drug-likeness (QED) is 0.202. The van der Waals surface area contributed by atoms with Gasteiger partial charge in [0.15, 0.2) is 5.58 Å². The molecule has 0 radical (unpaired) electrons. The number of hydrogen-bond acceptors (Lipinski definition) is 8. The fraction of sp³-hybridized carbons (Fsp3) is 0.103. The summed E-state index contributed by atoms with van der Waals surface area (Å²) < 4.78 is 5.76. The maximum atomic E-state index is 12.7. The van der Waals surface area contributed by atoms with Crippen molar-refractivity contribution < 1.29 is 23.9 Å². The molecule has 2 aromatic carbocycles.